The van der Waals surface area contributed by atoms with Gasteiger partial charge in [-0.05, 0) is 18.6 Å². The molecule has 5 heteroatoms. The number of aromatic nitrogens is 2. The highest BCUT2D eigenvalue weighted by molar-refractivity contribution is 5.54. The van der Waals surface area contributed by atoms with Gasteiger partial charge in [-0.25, -0.2) is 4.39 Å². The third kappa shape index (κ3) is 1.94. The third-order valence-corrected chi connectivity index (χ3v) is 2.25. The minimum Gasteiger partial charge on any atom is -0.421 e. The van der Waals surface area contributed by atoms with Crippen molar-refractivity contribution in [2.75, 3.05) is 6.54 Å². The zero-order chi connectivity index (χ0) is 11.5. The molecule has 0 spiro atoms. The van der Waals surface area contributed by atoms with Crippen molar-refractivity contribution in [1.29, 1.82) is 0 Å². The molecule has 0 bridgehead atoms. The van der Waals surface area contributed by atoms with E-state index in [9.17, 15) is 4.39 Å². The van der Waals surface area contributed by atoms with Crippen LogP contribution in [0.1, 0.15) is 11.5 Å². The Kier molecular flexibility index (Phi) is 2.96. The van der Waals surface area contributed by atoms with Crippen molar-refractivity contribution in [2.45, 2.75) is 13.3 Å². The topological polar surface area (TPSA) is 64.9 Å². The monoisotopic (exact) mass is 221 g/mol. The van der Waals surface area contributed by atoms with Gasteiger partial charge in [-0.2, -0.15) is 0 Å². The lowest BCUT2D eigenvalue weighted by molar-refractivity contribution is 0.502. The fourth-order valence-corrected chi connectivity index (χ4v) is 1.40. The molecule has 0 radical (unpaired) electrons. The lowest BCUT2D eigenvalue weighted by Gasteiger charge is -1.99. The lowest BCUT2D eigenvalue weighted by Crippen LogP contribution is -2.02. The van der Waals surface area contributed by atoms with Crippen LogP contribution >= 0.6 is 0 Å². The van der Waals surface area contributed by atoms with Crippen molar-refractivity contribution in [1.82, 2.24) is 10.2 Å². The largest absolute Gasteiger partial charge is 0.421 e. The van der Waals surface area contributed by atoms with Crippen molar-refractivity contribution in [3.8, 4) is 11.5 Å². The number of rotatable bonds is 3. The molecule has 84 valence electrons. The quantitative estimate of drug-likeness (QED) is 0.856. The van der Waals surface area contributed by atoms with Gasteiger partial charge in [0.1, 0.15) is 5.82 Å². The van der Waals surface area contributed by atoms with Crippen LogP contribution in [0, 0.1) is 12.7 Å². The standard InChI is InChI=1S/C11H12FN3O/c1-7-3-2-4-8(10(7)12)11-15-14-9(16-11)5-6-13/h2-4H,5-6,13H2,1H3. The van der Waals surface area contributed by atoms with Crippen LogP contribution in [0.4, 0.5) is 4.39 Å². The van der Waals surface area contributed by atoms with Gasteiger partial charge in [-0.15, -0.1) is 10.2 Å². The first-order chi connectivity index (χ1) is 7.72. The Balaban J connectivity index is 2.39. The molecule has 2 aromatic rings. The van der Waals surface area contributed by atoms with Gasteiger partial charge < -0.3 is 10.2 Å². The molecule has 0 saturated carbocycles. The second kappa shape index (κ2) is 4.40. The van der Waals surface area contributed by atoms with E-state index in [4.69, 9.17) is 10.2 Å². The molecule has 0 aliphatic heterocycles. The van der Waals surface area contributed by atoms with Crippen LogP contribution < -0.4 is 5.73 Å². The number of nitrogens with zero attached hydrogens (tertiary/aromatic N) is 2. The van der Waals surface area contributed by atoms with Gasteiger partial charge in [-0.1, -0.05) is 12.1 Å². The van der Waals surface area contributed by atoms with E-state index in [0.29, 0.717) is 30.0 Å². The molecule has 0 unspecified atom stereocenters. The Bertz CT molecular complexity index is 496. The molecular weight excluding hydrogens is 209 g/mol. The number of hydrogen-bond acceptors (Lipinski definition) is 4. The third-order valence-electron chi connectivity index (χ3n) is 2.25. The number of benzene rings is 1. The highest BCUT2D eigenvalue weighted by Gasteiger charge is 2.13. The molecule has 0 fully saturated rings. The molecule has 0 saturated heterocycles. The first kappa shape index (κ1) is 10.8. The van der Waals surface area contributed by atoms with Crippen LogP contribution in [0.15, 0.2) is 22.6 Å². The average molecular weight is 221 g/mol. The summed E-state index contributed by atoms with van der Waals surface area (Å²) in [6, 6.07) is 5.05. The van der Waals surface area contributed by atoms with Crippen molar-refractivity contribution in [3.05, 3.63) is 35.5 Å². The maximum Gasteiger partial charge on any atom is 0.250 e. The fraction of sp³-hybridized carbons (Fsp3) is 0.273. The van der Waals surface area contributed by atoms with Crippen LogP contribution in [-0.2, 0) is 6.42 Å². The smallest absolute Gasteiger partial charge is 0.250 e. The summed E-state index contributed by atoms with van der Waals surface area (Å²) in [7, 11) is 0. The van der Waals surface area contributed by atoms with Gasteiger partial charge in [-0.3, -0.25) is 0 Å². The zero-order valence-corrected chi connectivity index (χ0v) is 8.90. The summed E-state index contributed by atoms with van der Waals surface area (Å²) < 4.78 is 19.0. The maximum absolute atomic E-state index is 13.7. The molecule has 1 aromatic carbocycles. The van der Waals surface area contributed by atoms with E-state index < -0.39 is 0 Å². The van der Waals surface area contributed by atoms with Gasteiger partial charge in [0.15, 0.2) is 0 Å². The molecule has 16 heavy (non-hydrogen) atoms. The second-order valence-corrected chi connectivity index (χ2v) is 3.48. The molecule has 1 heterocycles. The molecule has 0 amide bonds. The van der Waals surface area contributed by atoms with E-state index in [2.05, 4.69) is 10.2 Å². The Morgan fingerprint density at radius 2 is 2.19 bits per heavy atom. The van der Waals surface area contributed by atoms with E-state index in [0.717, 1.165) is 0 Å². The highest BCUT2D eigenvalue weighted by Crippen LogP contribution is 2.23. The molecule has 0 aliphatic carbocycles. The van der Waals surface area contributed by atoms with Crippen molar-refractivity contribution in [2.24, 2.45) is 5.73 Å². The van der Waals surface area contributed by atoms with E-state index in [-0.39, 0.29) is 11.7 Å². The summed E-state index contributed by atoms with van der Waals surface area (Å²) in [5, 5.41) is 7.58. The molecule has 2 N–H and O–H groups in total. The minimum atomic E-state index is -0.328. The van der Waals surface area contributed by atoms with Crippen LogP contribution in [0.2, 0.25) is 0 Å². The molecular formula is C11H12FN3O. The van der Waals surface area contributed by atoms with E-state index in [1.54, 1.807) is 25.1 Å². The molecule has 4 nitrogen and oxygen atoms in total. The fourth-order valence-electron chi connectivity index (χ4n) is 1.40. The van der Waals surface area contributed by atoms with Gasteiger partial charge in [0, 0.05) is 13.0 Å². The summed E-state index contributed by atoms with van der Waals surface area (Å²) in [6.45, 7) is 2.12. The van der Waals surface area contributed by atoms with Gasteiger partial charge >= 0.3 is 0 Å². The lowest BCUT2D eigenvalue weighted by atomic mass is 10.1. The summed E-state index contributed by atoms with van der Waals surface area (Å²) >= 11 is 0. The molecule has 0 aliphatic rings. The SMILES string of the molecule is Cc1cccc(-c2nnc(CCN)o2)c1F. The highest BCUT2D eigenvalue weighted by atomic mass is 19.1. The van der Waals surface area contributed by atoms with Crippen LogP contribution in [0.3, 0.4) is 0 Å². The Morgan fingerprint density at radius 3 is 2.94 bits per heavy atom. The Morgan fingerprint density at radius 1 is 1.38 bits per heavy atom. The first-order valence-electron chi connectivity index (χ1n) is 5.00. The van der Waals surface area contributed by atoms with Crippen molar-refractivity contribution in [3.63, 3.8) is 0 Å². The van der Waals surface area contributed by atoms with Crippen LogP contribution in [-0.4, -0.2) is 16.7 Å². The summed E-state index contributed by atoms with van der Waals surface area (Å²) in [4.78, 5) is 0. The van der Waals surface area contributed by atoms with E-state index in [1.807, 2.05) is 0 Å². The molecule has 0 atom stereocenters. The predicted octanol–water partition coefficient (Wildman–Crippen LogP) is 1.69. The first-order valence-corrected chi connectivity index (χ1v) is 5.00. The summed E-state index contributed by atoms with van der Waals surface area (Å²) in [5.74, 6) is 0.300. The number of nitrogens with two attached hydrogens (primary N) is 1. The van der Waals surface area contributed by atoms with Crippen molar-refractivity contribution >= 4 is 0 Å². The minimum absolute atomic E-state index is 0.199. The van der Waals surface area contributed by atoms with E-state index >= 15 is 0 Å². The maximum atomic E-state index is 13.7. The Hall–Kier alpha value is -1.75. The molecule has 1 aromatic heterocycles. The van der Waals surface area contributed by atoms with Gasteiger partial charge in [0.05, 0.1) is 5.56 Å². The number of hydrogen-bond donors (Lipinski definition) is 1. The zero-order valence-electron chi connectivity index (χ0n) is 8.90. The van der Waals surface area contributed by atoms with Crippen LogP contribution in [0.5, 0.6) is 0 Å². The van der Waals surface area contributed by atoms with Crippen molar-refractivity contribution < 1.29 is 8.81 Å². The van der Waals surface area contributed by atoms with Gasteiger partial charge in [0.2, 0.25) is 5.89 Å². The van der Waals surface area contributed by atoms with E-state index in [1.165, 1.54) is 0 Å². The Labute approximate surface area is 92.3 Å². The van der Waals surface area contributed by atoms with Crippen LogP contribution in [0.25, 0.3) is 11.5 Å². The number of halogens is 1. The predicted molar refractivity (Wildman–Crippen MR) is 57.2 cm³/mol. The molecule has 2 rings (SSSR count). The summed E-state index contributed by atoms with van der Waals surface area (Å²) in [6.07, 6.45) is 0.500. The summed E-state index contributed by atoms with van der Waals surface area (Å²) in [5.41, 5.74) is 6.24. The second-order valence-electron chi connectivity index (χ2n) is 3.48. The number of aryl methyl sites for hydroxylation is 1. The average Bonchev–Trinajstić information content (AvgIpc) is 2.71. The normalized spacial score (nSPS) is 10.7. The van der Waals surface area contributed by atoms with Gasteiger partial charge in [0.25, 0.3) is 5.89 Å².